The van der Waals surface area contributed by atoms with Gasteiger partial charge in [0.15, 0.2) is 0 Å². The average Bonchev–Trinajstić information content (AvgIpc) is 3.74. The zero-order valence-corrected chi connectivity index (χ0v) is 20.5. The van der Waals surface area contributed by atoms with E-state index >= 15 is 0 Å². The minimum Gasteiger partial charge on any atom is -0.249 e. The first kappa shape index (κ1) is 22.0. The van der Waals surface area contributed by atoms with Gasteiger partial charge in [0.1, 0.15) is 0 Å². The maximum Gasteiger partial charge on any atom is 0.0744 e. The number of hydrogen-bond acceptors (Lipinski definition) is 4. The Morgan fingerprint density at radius 2 is 1.05 bits per heavy atom. The van der Waals surface area contributed by atoms with Crippen LogP contribution in [0.25, 0.3) is 17.2 Å². The van der Waals surface area contributed by atoms with Gasteiger partial charge in [0, 0.05) is 11.1 Å². The van der Waals surface area contributed by atoms with E-state index in [2.05, 4.69) is 67.3 Å². The first-order valence-electron chi connectivity index (χ1n) is 12.5. The first-order chi connectivity index (χ1) is 18.7. The van der Waals surface area contributed by atoms with Crippen LogP contribution < -0.4 is 0 Å². The van der Waals surface area contributed by atoms with Gasteiger partial charge in [-0.25, -0.2) is 20.0 Å². The van der Waals surface area contributed by atoms with Crippen LogP contribution in [0.5, 0.6) is 0 Å². The molecule has 0 radical (unpaired) electrons. The summed E-state index contributed by atoms with van der Waals surface area (Å²) in [7, 11) is 0. The smallest absolute Gasteiger partial charge is 0.0744 e. The van der Waals surface area contributed by atoms with Gasteiger partial charge in [0.25, 0.3) is 0 Å². The summed E-state index contributed by atoms with van der Waals surface area (Å²) in [6, 6.07) is 18.9. The summed E-state index contributed by atoms with van der Waals surface area (Å²) in [5.41, 5.74) is 12.3. The number of hydrogen-bond donors (Lipinski definition) is 0. The number of rotatable bonds is 3. The standard InChI is InChI=1S/C34H22N4/c1-2-22-8-10-24(11-9-22)34-32-21-30-17-15-28(37-30)19-26-13-12-25(35-26)18-27-14-16-29(36-27)20-31(38-32)33(34)23-6-4-3-5-7-23/h2-21H,1H2. The molecule has 2 aromatic carbocycles. The average molecular weight is 487 g/mol. The van der Waals surface area contributed by atoms with Crippen molar-refractivity contribution in [1.82, 2.24) is 0 Å². The van der Waals surface area contributed by atoms with Gasteiger partial charge in [0.2, 0.25) is 0 Å². The van der Waals surface area contributed by atoms with Gasteiger partial charge in [-0.2, -0.15) is 0 Å². The molecule has 38 heavy (non-hydrogen) atoms. The molecule has 5 heterocycles. The molecule has 0 spiro atoms. The topological polar surface area (TPSA) is 49.4 Å². The summed E-state index contributed by atoms with van der Waals surface area (Å²) < 4.78 is 0. The Kier molecular flexibility index (Phi) is 5.22. The van der Waals surface area contributed by atoms with Crippen LogP contribution in [0.3, 0.4) is 0 Å². The molecule has 0 saturated heterocycles. The number of benzene rings is 2. The highest BCUT2D eigenvalue weighted by atomic mass is 14.8. The van der Waals surface area contributed by atoms with E-state index in [4.69, 9.17) is 20.0 Å². The molecule has 0 aliphatic carbocycles. The third kappa shape index (κ3) is 4.08. The van der Waals surface area contributed by atoms with E-state index in [1.165, 1.54) is 0 Å². The molecule has 4 heteroatoms. The zero-order chi connectivity index (χ0) is 25.5. The van der Waals surface area contributed by atoms with Crippen LogP contribution in [-0.2, 0) is 0 Å². The summed E-state index contributed by atoms with van der Waals surface area (Å²) in [5, 5.41) is 0. The lowest BCUT2D eigenvalue weighted by Crippen LogP contribution is -1.98. The molecule has 0 atom stereocenters. The third-order valence-corrected chi connectivity index (χ3v) is 6.71. The predicted octanol–water partition coefficient (Wildman–Crippen LogP) is 7.28. The molecular weight excluding hydrogens is 464 g/mol. The fourth-order valence-corrected chi connectivity index (χ4v) is 4.93. The van der Waals surface area contributed by atoms with Crippen LogP contribution in [0, 0.1) is 0 Å². The van der Waals surface area contributed by atoms with E-state index in [1.54, 1.807) is 0 Å². The third-order valence-electron chi connectivity index (χ3n) is 6.71. The Hall–Kier alpha value is -5.22. The van der Waals surface area contributed by atoms with Crippen LogP contribution in [0.4, 0.5) is 0 Å². The Labute approximate surface area is 221 Å². The molecule has 0 unspecified atom stereocenters. The van der Waals surface area contributed by atoms with Crippen molar-refractivity contribution in [2.24, 2.45) is 20.0 Å². The molecule has 0 fully saturated rings. The van der Waals surface area contributed by atoms with Gasteiger partial charge >= 0.3 is 0 Å². The fraction of sp³-hybridized carbons (Fsp3) is 0. The first-order valence-corrected chi connectivity index (χ1v) is 12.5. The predicted molar refractivity (Wildman–Crippen MR) is 159 cm³/mol. The monoisotopic (exact) mass is 486 g/mol. The van der Waals surface area contributed by atoms with Crippen molar-refractivity contribution in [1.29, 1.82) is 0 Å². The Morgan fingerprint density at radius 3 is 1.66 bits per heavy atom. The van der Waals surface area contributed by atoms with Crippen LogP contribution in [-0.4, -0.2) is 22.8 Å². The summed E-state index contributed by atoms with van der Waals surface area (Å²) in [6.45, 7) is 3.91. The highest BCUT2D eigenvalue weighted by Gasteiger charge is 2.26. The second kappa shape index (κ2) is 9.02. The lowest BCUT2D eigenvalue weighted by molar-refractivity contribution is 1.41. The molecule has 4 nitrogen and oxygen atoms in total. The normalized spacial score (nSPS) is 18.9. The molecule has 5 aliphatic rings. The summed E-state index contributed by atoms with van der Waals surface area (Å²) in [6.07, 6.45) is 22.0. The molecule has 7 rings (SSSR count). The molecule has 5 aliphatic heterocycles. The molecule has 178 valence electrons. The van der Waals surface area contributed by atoms with Gasteiger partial charge in [0.05, 0.1) is 45.6 Å². The molecule has 2 aromatic rings. The molecule has 0 N–H and O–H groups in total. The molecule has 0 amide bonds. The lowest BCUT2D eigenvalue weighted by atomic mass is 9.91. The van der Waals surface area contributed by atoms with Crippen molar-refractivity contribution in [3.63, 3.8) is 0 Å². The van der Waals surface area contributed by atoms with Gasteiger partial charge in [-0.05, 0) is 77.5 Å². The summed E-state index contributed by atoms with van der Waals surface area (Å²) in [5.74, 6) is 0. The van der Waals surface area contributed by atoms with Crippen molar-refractivity contribution in [3.05, 3.63) is 161 Å². The minimum absolute atomic E-state index is 0.850. The number of allylic oxidation sites excluding steroid dienone is 12. The quantitative estimate of drug-likeness (QED) is 0.438. The largest absolute Gasteiger partial charge is 0.249 e. The number of fused-ring (bicyclic) bond motifs is 4. The van der Waals surface area contributed by atoms with Gasteiger partial charge < -0.3 is 0 Å². The van der Waals surface area contributed by atoms with E-state index in [1.807, 2.05) is 60.8 Å². The SMILES string of the molecule is C=Cc1ccc(C2=C(c3ccccc3)C3=NC2=CC2=NC(=CC4=NC(=CC5=NC(=C3)C=C5)C=C4)C=C2)cc1. The number of nitrogens with zero attached hydrogens (tertiary/aromatic N) is 4. The second-order valence-electron chi connectivity index (χ2n) is 9.29. The molecule has 0 saturated carbocycles. The Morgan fingerprint density at radius 1 is 0.500 bits per heavy atom. The van der Waals surface area contributed by atoms with E-state index < -0.39 is 0 Å². The van der Waals surface area contributed by atoms with Crippen LogP contribution in [0.15, 0.2) is 165 Å². The van der Waals surface area contributed by atoms with Crippen LogP contribution in [0.1, 0.15) is 16.7 Å². The highest BCUT2D eigenvalue weighted by Crippen LogP contribution is 2.40. The lowest BCUT2D eigenvalue weighted by Gasteiger charge is -2.11. The van der Waals surface area contributed by atoms with Crippen molar-refractivity contribution < 1.29 is 0 Å². The Balaban J connectivity index is 1.48. The Bertz CT molecular complexity index is 1770. The van der Waals surface area contributed by atoms with E-state index in [-0.39, 0.29) is 0 Å². The highest BCUT2D eigenvalue weighted by molar-refractivity contribution is 6.40. The second-order valence-corrected chi connectivity index (χ2v) is 9.29. The maximum atomic E-state index is 5.17. The van der Waals surface area contributed by atoms with Gasteiger partial charge in [-0.15, -0.1) is 0 Å². The fourth-order valence-electron chi connectivity index (χ4n) is 4.93. The van der Waals surface area contributed by atoms with Gasteiger partial charge in [-0.3, -0.25) is 0 Å². The maximum absolute atomic E-state index is 5.17. The van der Waals surface area contributed by atoms with E-state index in [9.17, 15) is 0 Å². The summed E-state index contributed by atoms with van der Waals surface area (Å²) in [4.78, 5) is 19.6. The van der Waals surface area contributed by atoms with Crippen LogP contribution >= 0.6 is 0 Å². The van der Waals surface area contributed by atoms with Gasteiger partial charge in [-0.1, -0.05) is 67.3 Å². The van der Waals surface area contributed by atoms with Crippen molar-refractivity contribution in [2.75, 3.05) is 0 Å². The van der Waals surface area contributed by atoms with E-state index in [0.29, 0.717) is 0 Å². The minimum atomic E-state index is 0.850. The van der Waals surface area contributed by atoms with Crippen molar-refractivity contribution in [2.45, 2.75) is 0 Å². The molecule has 8 bridgehead atoms. The zero-order valence-electron chi connectivity index (χ0n) is 20.5. The van der Waals surface area contributed by atoms with E-state index in [0.717, 1.165) is 73.5 Å². The molecule has 0 aromatic heterocycles. The van der Waals surface area contributed by atoms with Crippen molar-refractivity contribution in [3.8, 4) is 0 Å². The van der Waals surface area contributed by atoms with Crippen LogP contribution in [0.2, 0.25) is 0 Å². The molecular formula is C34H22N4. The van der Waals surface area contributed by atoms with Crippen molar-refractivity contribution >= 4 is 40.1 Å². The summed E-state index contributed by atoms with van der Waals surface area (Å²) >= 11 is 0. The number of aliphatic imine (C=N–C) groups is 4.